The summed E-state index contributed by atoms with van der Waals surface area (Å²) in [4.78, 5) is 0. The third-order valence-corrected chi connectivity index (χ3v) is 2.34. The number of hydrogen-bond acceptors (Lipinski definition) is 2. The largest absolute Gasteiger partial charge is 0.497 e. The Morgan fingerprint density at radius 3 is 2.43 bits per heavy atom. The van der Waals surface area contributed by atoms with Crippen molar-refractivity contribution in [1.29, 1.82) is 0 Å². The molecule has 0 aliphatic rings. The molecule has 0 spiro atoms. The first-order valence-electron chi connectivity index (χ1n) is 4.59. The molecule has 0 aliphatic heterocycles. The minimum Gasteiger partial charge on any atom is -0.497 e. The van der Waals surface area contributed by atoms with Crippen LogP contribution in [0.5, 0.6) is 5.75 Å². The second kappa shape index (κ2) is 3.58. The van der Waals surface area contributed by atoms with Crippen molar-refractivity contribution >= 4 is 16.5 Å². The summed E-state index contributed by atoms with van der Waals surface area (Å²) in [7, 11) is 3.60. The van der Waals surface area contributed by atoms with Gasteiger partial charge in [-0.15, -0.1) is 0 Å². The van der Waals surface area contributed by atoms with Gasteiger partial charge in [-0.25, -0.2) is 0 Å². The average Bonchev–Trinajstić information content (AvgIpc) is 2.27. The van der Waals surface area contributed by atoms with Gasteiger partial charge in [-0.05, 0) is 35.0 Å². The monoisotopic (exact) mass is 187 g/mol. The van der Waals surface area contributed by atoms with Crippen LogP contribution in [0.15, 0.2) is 36.4 Å². The number of rotatable bonds is 2. The number of fused-ring (bicyclic) bond motifs is 1. The van der Waals surface area contributed by atoms with Gasteiger partial charge in [-0.3, -0.25) is 0 Å². The molecule has 0 heterocycles. The Labute approximate surface area is 83.5 Å². The fourth-order valence-corrected chi connectivity index (χ4v) is 1.51. The van der Waals surface area contributed by atoms with E-state index in [9.17, 15) is 0 Å². The lowest BCUT2D eigenvalue weighted by atomic mass is 10.1. The van der Waals surface area contributed by atoms with Crippen molar-refractivity contribution in [3.63, 3.8) is 0 Å². The number of hydrogen-bond donors (Lipinski definition) is 1. The topological polar surface area (TPSA) is 21.3 Å². The zero-order valence-corrected chi connectivity index (χ0v) is 8.37. The SMILES string of the molecule is CNc1ccc2cc(OC)ccc2c1. The van der Waals surface area contributed by atoms with Gasteiger partial charge >= 0.3 is 0 Å². The highest BCUT2D eigenvalue weighted by Gasteiger charge is 1.96. The molecule has 0 saturated heterocycles. The third kappa shape index (κ3) is 1.51. The van der Waals surface area contributed by atoms with E-state index < -0.39 is 0 Å². The predicted molar refractivity (Wildman–Crippen MR) is 60.0 cm³/mol. The Morgan fingerprint density at radius 2 is 1.71 bits per heavy atom. The van der Waals surface area contributed by atoms with Gasteiger partial charge in [-0.2, -0.15) is 0 Å². The van der Waals surface area contributed by atoms with Gasteiger partial charge in [0.05, 0.1) is 7.11 Å². The van der Waals surface area contributed by atoms with Crippen molar-refractivity contribution in [3.05, 3.63) is 36.4 Å². The van der Waals surface area contributed by atoms with Crippen molar-refractivity contribution in [2.45, 2.75) is 0 Å². The van der Waals surface area contributed by atoms with Crippen LogP contribution in [-0.4, -0.2) is 14.2 Å². The lowest BCUT2D eigenvalue weighted by Gasteiger charge is -2.04. The van der Waals surface area contributed by atoms with Crippen LogP contribution in [0.2, 0.25) is 0 Å². The quantitative estimate of drug-likeness (QED) is 0.780. The molecule has 0 amide bonds. The molecule has 2 aromatic rings. The number of ether oxygens (including phenoxy) is 1. The first kappa shape index (κ1) is 8.88. The normalized spacial score (nSPS) is 10.1. The van der Waals surface area contributed by atoms with Crippen LogP contribution in [0.1, 0.15) is 0 Å². The molecule has 1 N–H and O–H groups in total. The number of nitrogens with one attached hydrogen (secondary N) is 1. The van der Waals surface area contributed by atoms with Crippen LogP contribution in [-0.2, 0) is 0 Å². The molecule has 0 radical (unpaired) electrons. The molecule has 14 heavy (non-hydrogen) atoms. The Bertz CT molecular complexity index is 408. The number of methoxy groups -OCH3 is 1. The zero-order chi connectivity index (χ0) is 9.97. The minimum atomic E-state index is 0.898. The maximum Gasteiger partial charge on any atom is 0.119 e. The van der Waals surface area contributed by atoms with E-state index in [1.165, 1.54) is 10.8 Å². The van der Waals surface area contributed by atoms with Crippen LogP contribution >= 0.6 is 0 Å². The van der Waals surface area contributed by atoms with E-state index in [0.717, 1.165) is 11.4 Å². The van der Waals surface area contributed by atoms with Crippen LogP contribution in [0, 0.1) is 0 Å². The first-order valence-corrected chi connectivity index (χ1v) is 4.59. The fraction of sp³-hybridized carbons (Fsp3) is 0.167. The van der Waals surface area contributed by atoms with E-state index in [0.29, 0.717) is 0 Å². The van der Waals surface area contributed by atoms with Crippen molar-refractivity contribution in [2.24, 2.45) is 0 Å². The molecule has 2 rings (SSSR count). The molecule has 0 saturated carbocycles. The van der Waals surface area contributed by atoms with Gasteiger partial charge in [0.1, 0.15) is 5.75 Å². The van der Waals surface area contributed by atoms with E-state index >= 15 is 0 Å². The van der Waals surface area contributed by atoms with E-state index in [1.54, 1.807) is 7.11 Å². The van der Waals surface area contributed by atoms with Gasteiger partial charge in [0.2, 0.25) is 0 Å². The van der Waals surface area contributed by atoms with Crippen LogP contribution < -0.4 is 10.1 Å². The maximum atomic E-state index is 5.16. The third-order valence-electron chi connectivity index (χ3n) is 2.34. The molecular formula is C12H13NO. The average molecular weight is 187 g/mol. The highest BCUT2D eigenvalue weighted by Crippen LogP contribution is 2.23. The summed E-state index contributed by atoms with van der Waals surface area (Å²) < 4.78 is 5.16. The highest BCUT2D eigenvalue weighted by molar-refractivity contribution is 5.86. The lowest BCUT2D eigenvalue weighted by Crippen LogP contribution is -1.87. The van der Waals surface area contributed by atoms with Gasteiger partial charge in [0.25, 0.3) is 0 Å². The summed E-state index contributed by atoms with van der Waals surface area (Å²) in [5.74, 6) is 0.898. The Hall–Kier alpha value is -1.70. The predicted octanol–water partition coefficient (Wildman–Crippen LogP) is 2.89. The van der Waals surface area contributed by atoms with Gasteiger partial charge in [-0.1, -0.05) is 12.1 Å². The summed E-state index contributed by atoms with van der Waals surface area (Å²) in [6, 6.07) is 12.3. The summed E-state index contributed by atoms with van der Waals surface area (Å²) in [6.45, 7) is 0. The summed E-state index contributed by atoms with van der Waals surface area (Å²) in [5, 5.41) is 5.53. The lowest BCUT2D eigenvalue weighted by molar-refractivity contribution is 0.415. The van der Waals surface area contributed by atoms with Crippen molar-refractivity contribution in [3.8, 4) is 5.75 Å². The van der Waals surface area contributed by atoms with E-state index in [2.05, 4.69) is 29.6 Å². The molecule has 0 unspecified atom stereocenters. The number of benzene rings is 2. The molecule has 0 aliphatic carbocycles. The molecule has 0 atom stereocenters. The summed E-state index contributed by atoms with van der Waals surface area (Å²) in [6.07, 6.45) is 0. The Kier molecular flexibility index (Phi) is 2.27. The highest BCUT2D eigenvalue weighted by atomic mass is 16.5. The molecule has 72 valence electrons. The van der Waals surface area contributed by atoms with Crippen LogP contribution in [0.4, 0.5) is 5.69 Å². The van der Waals surface area contributed by atoms with Gasteiger partial charge < -0.3 is 10.1 Å². The van der Waals surface area contributed by atoms with E-state index in [-0.39, 0.29) is 0 Å². The summed E-state index contributed by atoms with van der Waals surface area (Å²) >= 11 is 0. The minimum absolute atomic E-state index is 0.898. The Balaban J connectivity index is 2.57. The second-order valence-electron chi connectivity index (χ2n) is 3.18. The van der Waals surface area contributed by atoms with Crippen LogP contribution in [0.3, 0.4) is 0 Å². The summed E-state index contributed by atoms with van der Waals surface area (Å²) in [5.41, 5.74) is 1.13. The second-order valence-corrected chi connectivity index (χ2v) is 3.18. The molecule has 0 fully saturated rings. The molecule has 2 nitrogen and oxygen atoms in total. The van der Waals surface area contributed by atoms with Crippen molar-refractivity contribution < 1.29 is 4.74 Å². The molecule has 0 aromatic heterocycles. The van der Waals surface area contributed by atoms with Gasteiger partial charge in [0, 0.05) is 12.7 Å². The van der Waals surface area contributed by atoms with E-state index in [1.807, 2.05) is 19.2 Å². The standard InChI is InChI=1S/C12H13NO/c1-13-11-5-3-10-8-12(14-2)6-4-9(10)7-11/h3-8,13H,1-2H3. The van der Waals surface area contributed by atoms with Crippen molar-refractivity contribution in [1.82, 2.24) is 0 Å². The fourth-order valence-electron chi connectivity index (χ4n) is 1.51. The maximum absolute atomic E-state index is 5.16. The number of anilines is 1. The molecule has 2 aromatic carbocycles. The first-order chi connectivity index (χ1) is 6.83. The zero-order valence-electron chi connectivity index (χ0n) is 8.37. The van der Waals surface area contributed by atoms with Crippen molar-refractivity contribution in [2.75, 3.05) is 19.5 Å². The smallest absolute Gasteiger partial charge is 0.119 e. The molecule has 0 bridgehead atoms. The molecular weight excluding hydrogens is 174 g/mol. The van der Waals surface area contributed by atoms with E-state index in [4.69, 9.17) is 4.74 Å². The van der Waals surface area contributed by atoms with Gasteiger partial charge in [0.15, 0.2) is 0 Å². The Morgan fingerprint density at radius 1 is 1.00 bits per heavy atom. The molecule has 2 heteroatoms. The van der Waals surface area contributed by atoms with Crippen LogP contribution in [0.25, 0.3) is 10.8 Å².